The maximum absolute atomic E-state index is 12.9. The molecule has 0 atom stereocenters. The van der Waals surface area contributed by atoms with Crippen molar-refractivity contribution in [1.29, 1.82) is 0 Å². The summed E-state index contributed by atoms with van der Waals surface area (Å²) in [5, 5.41) is 19.6. The lowest BCUT2D eigenvalue weighted by atomic mass is 10.1. The van der Waals surface area contributed by atoms with Crippen LogP contribution in [0.2, 0.25) is 5.02 Å². The Morgan fingerprint density at radius 1 is 1.18 bits per heavy atom. The van der Waals surface area contributed by atoms with Crippen molar-refractivity contribution in [1.82, 2.24) is 30.7 Å². The molecule has 33 heavy (non-hydrogen) atoms. The topological polar surface area (TPSA) is 156 Å². The van der Waals surface area contributed by atoms with Crippen molar-refractivity contribution in [2.24, 2.45) is 5.10 Å². The number of carbonyl (C=O) groups is 1. The monoisotopic (exact) mass is 468 g/mol. The number of anilines is 1. The second-order valence-corrected chi connectivity index (χ2v) is 6.87. The first-order chi connectivity index (χ1) is 16.0. The minimum Gasteiger partial charge on any atom is -0.493 e. The molecule has 0 aliphatic heterocycles. The Bertz CT molecular complexity index is 1330. The van der Waals surface area contributed by atoms with Gasteiger partial charge in [-0.25, -0.2) is 10.1 Å². The van der Waals surface area contributed by atoms with Crippen LogP contribution >= 0.6 is 11.6 Å². The Labute approximate surface area is 191 Å². The number of nitrogen functional groups attached to an aromatic ring is 1. The summed E-state index contributed by atoms with van der Waals surface area (Å²) in [6.45, 7) is 0. The number of nitrogens with two attached hydrogens (primary N) is 1. The Hall–Kier alpha value is -4.45. The van der Waals surface area contributed by atoms with E-state index in [2.05, 4.69) is 35.8 Å². The molecule has 0 spiro atoms. The number of halogens is 1. The van der Waals surface area contributed by atoms with E-state index in [9.17, 15) is 4.79 Å². The molecule has 0 saturated heterocycles. The van der Waals surface area contributed by atoms with Crippen LogP contribution in [-0.4, -0.2) is 51.6 Å². The van der Waals surface area contributed by atoms with Gasteiger partial charge in [0.1, 0.15) is 5.69 Å². The first kappa shape index (κ1) is 21.8. The van der Waals surface area contributed by atoms with Gasteiger partial charge in [0.15, 0.2) is 17.2 Å². The number of hydrogen-bond donors (Lipinski definition) is 2. The molecule has 12 nitrogen and oxygen atoms in total. The van der Waals surface area contributed by atoms with Crippen molar-refractivity contribution in [3.05, 3.63) is 58.7 Å². The Morgan fingerprint density at radius 3 is 2.67 bits per heavy atom. The van der Waals surface area contributed by atoms with E-state index < -0.39 is 5.91 Å². The molecular formula is C20H17ClN8O4. The molecule has 4 rings (SSSR count). The van der Waals surface area contributed by atoms with Gasteiger partial charge < -0.3 is 15.2 Å². The smallest absolute Gasteiger partial charge is 0.294 e. The molecule has 2 aromatic heterocycles. The molecule has 2 heterocycles. The molecule has 4 aromatic rings. The molecular weight excluding hydrogens is 452 g/mol. The largest absolute Gasteiger partial charge is 0.493 e. The number of hydrazone groups is 1. The third-order valence-electron chi connectivity index (χ3n) is 4.50. The highest BCUT2D eigenvalue weighted by atomic mass is 35.5. The molecule has 3 N–H and O–H groups in total. The van der Waals surface area contributed by atoms with Crippen LogP contribution in [0.5, 0.6) is 11.5 Å². The molecule has 0 bridgehead atoms. The molecule has 0 aliphatic rings. The van der Waals surface area contributed by atoms with E-state index in [1.54, 1.807) is 49.6 Å². The highest BCUT2D eigenvalue weighted by Crippen LogP contribution is 2.32. The van der Waals surface area contributed by atoms with Gasteiger partial charge in [-0.3, -0.25) is 4.79 Å². The molecule has 168 valence electrons. The van der Waals surface area contributed by atoms with Crippen LogP contribution in [0, 0.1) is 0 Å². The maximum atomic E-state index is 12.9. The van der Waals surface area contributed by atoms with Gasteiger partial charge in [-0.15, -0.1) is 5.10 Å². The van der Waals surface area contributed by atoms with Crippen molar-refractivity contribution in [2.75, 3.05) is 20.0 Å². The van der Waals surface area contributed by atoms with E-state index >= 15 is 0 Å². The van der Waals surface area contributed by atoms with E-state index in [0.717, 1.165) is 0 Å². The minimum atomic E-state index is -0.636. The zero-order valence-electron chi connectivity index (χ0n) is 17.4. The first-order valence-corrected chi connectivity index (χ1v) is 9.75. The van der Waals surface area contributed by atoms with Gasteiger partial charge in [-0.05, 0) is 40.1 Å². The third-order valence-corrected chi connectivity index (χ3v) is 4.83. The first-order valence-electron chi connectivity index (χ1n) is 9.38. The van der Waals surface area contributed by atoms with Gasteiger partial charge in [0, 0.05) is 5.56 Å². The highest BCUT2D eigenvalue weighted by molar-refractivity contribution is 6.33. The summed E-state index contributed by atoms with van der Waals surface area (Å²) in [6.07, 6.45) is 1.44. The van der Waals surface area contributed by atoms with E-state index in [4.69, 9.17) is 26.8 Å². The molecule has 1 amide bonds. The Balaban J connectivity index is 1.66. The maximum Gasteiger partial charge on any atom is 0.294 e. The fourth-order valence-electron chi connectivity index (χ4n) is 2.97. The van der Waals surface area contributed by atoms with Crippen LogP contribution in [0.3, 0.4) is 0 Å². The number of nitrogens with one attached hydrogen (secondary N) is 1. The van der Waals surface area contributed by atoms with E-state index in [0.29, 0.717) is 27.6 Å². The Kier molecular flexibility index (Phi) is 6.17. The summed E-state index contributed by atoms with van der Waals surface area (Å²) >= 11 is 6.36. The normalized spacial score (nSPS) is 11.0. The predicted octanol–water partition coefficient (Wildman–Crippen LogP) is 2.33. The molecule has 13 heteroatoms. The van der Waals surface area contributed by atoms with Gasteiger partial charge in [0.25, 0.3) is 5.91 Å². The standard InChI is InChI=1S/C20H17ClN8O4/c1-31-14-8-7-11(9-15(14)32-2)10-23-25-20(30)16-17(12-5-3-4-6-13(12)21)29(28-24-16)19-18(22)26-33-27-19/h3-10H,1-2H3,(H2,22,26)(H,25,30)/b23-10-. The SMILES string of the molecule is COc1ccc(/C=N\NC(=O)c2nnn(-c3nonc3N)c2-c2ccccc2Cl)cc1OC. The van der Waals surface area contributed by atoms with Gasteiger partial charge in [-0.1, -0.05) is 35.0 Å². The average molecular weight is 469 g/mol. The number of ether oxygens (including phenoxy) is 2. The van der Waals surface area contributed by atoms with E-state index in [1.165, 1.54) is 18.0 Å². The van der Waals surface area contributed by atoms with E-state index in [1.807, 2.05) is 0 Å². The molecule has 0 fully saturated rings. The minimum absolute atomic E-state index is 0.0355. The van der Waals surface area contributed by atoms with Crippen LogP contribution in [0.1, 0.15) is 16.1 Å². The number of rotatable bonds is 7. The highest BCUT2D eigenvalue weighted by Gasteiger charge is 2.26. The van der Waals surface area contributed by atoms with Gasteiger partial charge in [0.2, 0.25) is 11.6 Å². The van der Waals surface area contributed by atoms with Crippen LogP contribution in [0.4, 0.5) is 5.82 Å². The lowest BCUT2D eigenvalue weighted by Gasteiger charge is -2.08. The van der Waals surface area contributed by atoms with Crippen LogP contribution in [0.15, 0.2) is 52.2 Å². The number of aromatic nitrogens is 5. The average Bonchev–Trinajstić information content (AvgIpc) is 3.45. The van der Waals surface area contributed by atoms with Crippen LogP contribution < -0.4 is 20.6 Å². The number of amides is 1. The van der Waals surface area contributed by atoms with Gasteiger partial charge >= 0.3 is 0 Å². The number of hydrogen-bond acceptors (Lipinski definition) is 10. The van der Waals surface area contributed by atoms with Crippen molar-refractivity contribution in [3.8, 4) is 28.6 Å². The summed E-state index contributed by atoms with van der Waals surface area (Å²) in [7, 11) is 3.07. The fraction of sp³-hybridized carbons (Fsp3) is 0.100. The molecule has 0 saturated carbocycles. The zero-order valence-corrected chi connectivity index (χ0v) is 18.1. The Morgan fingerprint density at radius 2 is 1.97 bits per heavy atom. The van der Waals surface area contributed by atoms with E-state index in [-0.39, 0.29) is 23.0 Å². The summed E-state index contributed by atoms with van der Waals surface area (Å²) in [5.41, 5.74) is 9.55. The quantitative estimate of drug-likeness (QED) is 0.307. The second kappa shape index (κ2) is 9.36. The van der Waals surface area contributed by atoms with Crippen LogP contribution in [0.25, 0.3) is 17.1 Å². The van der Waals surface area contributed by atoms with Crippen molar-refractivity contribution in [2.45, 2.75) is 0 Å². The van der Waals surface area contributed by atoms with Gasteiger partial charge in [0.05, 0.1) is 25.5 Å². The van der Waals surface area contributed by atoms with Crippen molar-refractivity contribution < 1.29 is 18.9 Å². The molecule has 0 radical (unpaired) electrons. The summed E-state index contributed by atoms with van der Waals surface area (Å²) in [5.74, 6) is 0.483. The number of methoxy groups -OCH3 is 2. The molecule has 0 aliphatic carbocycles. The number of benzene rings is 2. The third kappa shape index (κ3) is 4.32. The van der Waals surface area contributed by atoms with Crippen LogP contribution in [-0.2, 0) is 0 Å². The van der Waals surface area contributed by atoms with Gasteiger partial charge in [-0.2, -0.15) is 9.78 Å². The van der Waals surface area contributed by atoms with Crippen molar-refractivity contribution >= 4 is 29.5 Å². The lowest BCUT2D eigenvalue weighted by molar-refractivity contribution is 0.0950. The molecule has 2 aromatic carbocycles. The molecule has 0 unspecified atom stereocenters. The summed E-state index contributed by atoms with van der Waals surface area (Å²) in [6, 6.07) is 12.0. The summed E-state index contributed by atoms with van der Waals surface area (Å²) in [4.78, 5) is 12.9. The zero-order chi connectivity index (χ0) is 23.4. The lowest BCUT2D eigenvalue weighted by Crippen LogP contribution is -2.19. The fourth-order valence-corrected chi connectivity index (χ4v) is 3.19. The number of nitrogens with zero attached hydrogens (tertiary/aromatic N) is 6. The number of carbonyl (C=O) groups excluding carboxylic acids is 1. The summed E-state index contributed by atoms with van der Waals surface area (Å²) < 4.78 is 16.3. The predicted molar refractivity (Wildman–Crippen MR) is 119 cm³/mol. The second-order valence-electron chi connectivity index (χ2n) is 6.46. The van der Waals surface area contributed by atoms with Crippen molar-refractivity contribution in [3.63, 3.8) is 0 Å².